The van der Waals surface area contributed by atoms with Crippen LogP contribution in [0.15, 0.2) is 60.7 Å². The zero-order valence-corrected chi connectivity index (χ0v) is 28.1. The second kappa shape index (κ2) is 13.9. The van der Waals surface area contributed by atoms with Gasteiger partial charge in [0.25, 0.3) is 5.91 Å². The molecule has 4 aromatic carbocycles. The first-order chi connectivity index (χ1) is 23.3. The van der Waals surface area contributed by atoms with Gasteiger partial charge in [-0.3, -0.25) is 14.5 Å². The number of ether oxygens (including phenoxy) is 6. The van der Waals surface area contributed by atoms with E-state index in [0.717, 1.165) is 47.9 Å². The number of amides is 1. The van der Waals surface area contributed by atoms with Gasteiger partial charge in [-0.1, -0.05) is 12.1 Å². The topological polar surface area (TPSA) is 96.0 Å². The van der Waals surface area contributed by atoms with Crippen LogP contribution in [0.3, 0.4) is 0 Å². The van der Waals surface area contributed by atoms with Gasteiger partial charge >= 0.3 is 0 Å². The second-order valence-corrected chi connectivity index (χ2v) is 12.0. The molecule has 1 atom stereocenters. The van der Waals surface area contributed by atoms with E-state index >= 15 is 0 Å². The Morgan fingerprint density at radius 2 is 1.40 bits per heavy atom. The maximum atomic E-state index is 13.1. The van der Waals surface area contributed by atoms with Gasteiger partial charge in [0.15, 0.2) is 34.5 Å². The number of likely N-dealkylation sites (N-methyl/N-ethyl adjacent to an activating group) is 2. The molecule has 0 bridgehead atoms. The van der Waals surface area contributed by atoms with Gasteiger partial charge in [0.1, 0.15) is 12.0 Å². The number of hydrogen-bond acceptors (Lipinski definition) is 9. The molecule has 1 amide bonds. The van der Waals surface area contributed by atoms with E-state index in [1.807, 2.05) is 36.4 Å². The lowest BCUT2D eigenvalue weighted by Gasteiger charge is -2.37. The van der Waals surface area contributed by atoms with Crippen molar-refractivity contribution in [3.05, 3.63) is 94.0 Å². The average Bonchev–Trinajstić information content (AvgIpc) is 3.11. The predicted octanol–water partition coefficient (Wildman–Crippen LogP) is 6.52. The van der Waals surface area contributed by atoms with Crippen LogP contribution in [-0.2, 0) is 19.3 Å². The van der Waals surface area contributed by atoms with Crippen molar-refractivity contribution >= 4 is 12.2 Å². The molecule has 2 aliphatic heterocycles. The molecule has 0 fully saturated rings. The van der Waals surface area contributed by atoms with Crippen molar-refractivity contribution in [2.75, 3.05) is 55.6 Å². The van der Waals surface area contributed by atoms with Crippen molar-refractivity contribution in [2.24, 2.45) is 0 Å². The van der Waals surface area contributed by atoms with Crippen LogP contribution >= 0.6 is 0 Å². The van der Waals surface area contributed by atoms with E-state index < -0.39 is 0 Å². The molecular formula is C38H40N2O8. The number of nitrogens with zero attached hydrogens (tertiary/aromatic N) is 2. The third-order valence-corrected chi connectivity index (χ3v) is 9.15. The van der Waals surface area contributed by atoms with Gasteiger partial charge in [-0.25, -0.2) is 0 Å². The van der Waals surface area contributed by atoms with Crippen molar-refractivity contribution in [3.8, 4) is 46.0 Å². The first kappa shape index (κ1) is 32.7. The highest BCUT2D eigenvalue weighted by molar-refractivity contribution is 5.97. The summed E-state index contributed by atoms with van der Waals surface area (Å²) in [5.74, 6) is 4.09. The Morgan fingerprint density at radius 3 is 2.08 bits per heavy atom. The first-order valence-corrected chi connectivity index (χ1v) is 15.8. The largest absolute Gasteiger partial charge is 0.493 e. The van der Waals surface area contributed by atoms with Crippen LogP contribution in [0, 0.1) is 0 Å². The summed E-state index contributed by atoms with van der Waals surface area (Å²) < 4.78 is 35.8. The van der Waals surface area contributed by atoms with Crippen LogP contribution in [0.1, 0.15) is 49.0 Å². The Balaban J connectivity index is 1.37. The number of rotatable bonds is 11. The van der Waals surface area contributed by atoms with Crippen molar-refractivity contribution in [1.29, 1.82) is 0 Å². The Bertz CT molecular complexity index is 1840. The highest BCUT2D eigenvalue weighted by Gasteiger charge is 2.34. The molecule has 0 spiro atoms. The Kier molecular flexibility index (Phi) is 9.45. The molecule has 48 heavy (non-hydrogen) atoms. The van der Waals surface area contributed by atoms with Crippen molar-refractivity contribution < 1.29 is 38.0 Å². The third-order valence-electron chi connectivity index (χ3n) is 9.15. The Labute approximate surface area is 280 Å². The van der Waals surface area contributed by atoms with E-state index in [2.05, 4.69) is 11.9 Å². The molecular weight excluding hydrogens is 612 g/mol. The molecule has 6 rings (SSSR count). The van der Waals surface area contributed by atoms with Crippen LogP contribution in [-0.4, -0.2) is 77.6 Å². The minimum Gasteiger partial charge on any atom is -0.493 e. The monoisotopic (exact) mass is 652 g/mol. The van der Waals surface area contributed by atoms with E-state index in [9.17, 15) is 9.59 Å². The lowest BCUT2D eigenvalue weighted by molar-refractivity contribution is 0.0780. The number of carbonyl (C=O) groups excluding carboxylic acids is 2. The summed E-state index contributed by atoms with van der Waals surface area (Å²) in [4.78, 5) is 28.5. The minimum atomic E-state index is -0.0731. The van der Waals surface area contributed by atoms with Gasteiger partial charge in [-0.15, -0.1) is 0 Å². The second-order valence-electron chi connectivity index (χ2n) is 12.0. The van der Waals surface area contributed by atoms with Crippen molar-refractivity contribution in [1.82, 2.24) is 9.80 Å². The lowest BCUT2D eigenvalue weighted by atomic mass is 9.87. The molecule has 10 nitrogen and oxygen atoms in total. The molecule has 0 unspecified atom stereocenters. The third kappa shape index (κ3) is 6.23. The molecule has 0 N–H and O–H groups in total. The smallest absolute Gasteiger partial charge is 0.254 e. The van der Waals surface area contributed by atoms with Crippen LogP contribution in [0.5, 0.6) is 46.0 Å². The van der Waals surface area contributed by atoms with E-state index in [-0.39, 0.29) is 11.9 Å². The number of benzene rings is 4. The fourth-order valence-corrected chi connectivity index (χ4v) is 6.47. The van der Waals surface area contributed by atoms with Crippen LogP contribution < -0.4 is 28.4 Å². The fourth-order valence-electron chi connectivity index (χ4n) is 6.47. The zero-order chi connectivity index (χ0) is 33.9. The molecule has 10 heteroatoms. The summed E-state index contributed by atoms with van der Waals surface area (Å²) in [5, 5.41) is 0. The van der Waals surface area contributed by atoms with Gasteiger partial charge < -0.3 is 33.3 Å². The van der Waals surface area contributed by atoms with Crippen LogP contribution in [0.2, 0.25) is 0 Å². The molecule has 0 radical (unpaired) electrons. The normalized spacial score (nSPS) is 15.7. The summed E-state index contributed by atoms with van der Waals surface area (Å²) >= 11 is 0. The number of hydrogen-bond donors (Lipinski definition) is 0. The van der Waals surface area contributed by atoms with Gasteiger partial charge in [-0.2, -0.15) is 0 Å². The molecule has 2 aliphatic rings. The van der Waals surface area contributed by atoms with Crippen molar-refractivity contribution in [2.45, 2.75) is 25.3 Å². The molecule has 0 aromatic heterocycles. The summed E-state index contributed by atoms with van der Waals surface area (Å²) in [6, 6.07) is 18.6. The minimum absolute atomic E-state index is 0.0525. The fraction of sp³-hybridized carbons (Fsp3) is 0.316. The van der Waals surface area contributed by atoms with Gasteiger partial charge in [0, 0.05) is 42.9 Å². The van der Waals surface area contributed by atoms with E-state index in [4.69, 9.17) is 28.4 Å². The predicted molar refractivity (Wildman–Crippen MR) is 181 cm³/mol. The summed E-state index contributed by atoms with van der Waals surface area (Å²) in [6.45, 7) is 1.48. The Morgan fingerprint density at radius 1 is 0.708 bits per heavy atom. The lowest BCUT2D eigenvalue weighted by Crippen LogP contribution is -2.34. The maximum Gasteiger partial charge on any atom is 0.254 e. The molecule has 0 saturated carbocycles. The molecule has 250 valence electrons. The number of methoxy groups -OCH3 is 4. The highest BCUT2D eigenvalue weighted by Crippen LogP contribution is 2.51. The number of aldehydes is 1. The first-order valence-electron chi connectivity index (χ1n) is 15.8. The molecule has 0 saturated heterocycles. The number of carbonyl (C=O) groups is 2. The van der Waals surface area contributed by atoms with Gasteiger partial charge in [0.2, 0.25) is 5.75 Å². The van der Waals surface area contributed by atoms with Crippen LogP contribution in [0.4, 0.5) is 0 Å². The zero-order valence-electron chi connectivity index (χ0n) is 28.1. The maximum absolute atomic E-state index is 13.1. The van der Waals surface area contributed by atoms with Gasteiger partial charge in [0.05, 0.1) is 28.4 Å². The van der Waals surface area contributed by atoms with Crippen molar-refractivity contribution in [3.63, 3.8) is 0 Å². The standard InChI is InChI=1S/C38H40N2O8/c1-39-15-14-26-20-34(45-5)36(46-6)37(48-33-21-28-25(19-31(33)44-4)13-16-40(2)38(28)42)35(26)29(39)17-23-7-10-27(11-8-23)47-32-18-24(22-41)9-12-30(32)43-3/h7-12,18-22,29H,13-17H2,1-6H3/t29-/m0/s1. The quantitative estimate of drug-likeness (QED) is 0.168. The molecule has 4 aromatic rings. The van der Waals surface area contributed by atoms with E-state index in [1.54, 1.807) is 64.7 Å². The number of fused-ring (bicyclic) bond motifs is 2. The van der Waals surface area contributed by atoms with Crippen LogP contribution in [0.25, 0.3) is 0 Å². The van der Waals surface area contributed by atoms with Gasteiger partial charge in [-0.05, 0) is 91.5 Å². The SMILES string of the molecule is COc1ccc(C=O)cc1Oc1ccc(C[C@H]2c3c(cc(OC)c(OC)c3Oc3cc4c(cc3OC)CCN(C)C4=O)CCN2C)cc1. The summed E-state index contributed by atoms with van der Waals surface area (Å²) in [6.07, 6.45) is 2.97. The summed E-state index contributed by atoms with van der Waals surface area (Å²) in [7, 11) is 10.3. The summed E-state index contributed by atoms with van der Waals surface area (Å²) in [5.41, 5.74) is 5.20. The molecule has 2 heterocycles. The van der Waals surface area contributed by atoms with E-state index in [0.29, 0.717) is 70.1 Å². The average molecular weight is 653 g/mol. The Hall–Kier alpha value is -5.22. The van der Waals surface area contributed by atoms with E-state index in [1.165, 1.54) is 0 Å². The highest BCUT2D eigenvalue weighted by atomic mass is 16.5. The molecule has 0 aliphatic carbocycles.